The Labute approximate surface area is 218 Å². The third-order valence-electron chi connectivity index (χ3n) is 11.8. The van der Waals surface area contributed by atoms with E-state index in [0.29, 0.717) is 48.4 Å². The van der Waals surface area contributed by atoms with Gasteiger partial charge < -0.3 is 14.2 Å². The van der Waals surface area contributed by atoms with E-state index in [0.717, 1.165) is 45.1 Å². The molecule has 5 fully saturated rings. The summed E-state index contributed by atoms with van der Waals surface area (Å²) in [5.41, 5.74) is 0.494. The highest BCUT2D eigenvalue weighted by Gasteiger charge is 2.63. The molecule has 204 valence electrons. The van der Waals surface area contributed by atoms with Crippen LogP contribution >= 0.6 is 0 Å². The molecule has 0 spiro atoms. The molecule has 0 radical (unpaired) electrons. The quantitative estimate of drug-likeness (QED) is 0.286. The summed E-state index contributed by atoms with van der Waals surface area (Å²) < 4.78 is 17.5. The molecule has 36 heavy (non-hydrogen) atoms. The minimum Gasteiger partial charge on any atom is -0.466 e. The first kappa shape index (κ1) is 26.7. The van der Waals surface area contributed by atoms with Crippen LogP contribution in [-0.4, -0.2) is 37.4 Å². The van der Waals surface area contributed by atoms with Gasteiger partial charge in [0.05, 0.1) is 12.7 Å². The van der Waals surface area contributed by atoms with E-state index in [4.69, 9.17) is 14.2 Å². The van der Waals surface area contributed by atoms with Crippen molar-refractivity contribution < 1.29 is 23.8 Å². The molecular weight excluding hydrogens is 452 g/mol. The monoisotopic (exact) mass is 502 g/mol. The summed E-state index contributed by atoms with van der Waals surface area (Å²) in [5, 5.41) is 0. The zero-order valence-corrected chi connectivity index (χ0v) is 23.3. The highest BCUT2D eigenvalue weighted by atomic mass is 16.7. The summed E-state index contributed by atoms with van der Waals surface area (Å²) in [6.45, 7) is 10.5. The van der Waals surface area contributed by atoms with Crippen molar-refractivity contribution in [3.05, 3.63) is 0 Å². The van der Waals surface area contributed by atoms with Gasteiger partial charge in [-0.15, -0.1) is 0 Å². The summed E-state index contributed by atoms with van der Waals surface area (Å²) in [4.78, 5) is 25.8. The van der Waals surface area contributed by atoms with Crippen LogP contribution in [0.15, 0.2) is 0 Å². The Morgan fingerprint density at radius 3 is 2.58 bits per heavy atom. The molecule has 5 aliphatic rings. The molecular formula is C31H50O5. The van der Waals surface area contributed by atoms with Crippen LogP contribution in [-0.2, 0) is 23.8 Å². The van der Waals surface area contributed by atoms with Gasteiger partial charge in [-0.1, -0.05) is 20.8 Å². The SMILES string of the molecule is CCOC(=O)CC[C@@H](C)C1CCC2C3C(=O)CC4C[C@H](OC5CCCCO5)CC[C@]4(C)C3CC[C@@]21C. The Bertz CT molecular complexity index is 805. The van der Waals surface area contributed by atoms with E-state index < -0.39 is 0 Å². The number of rotatable bonds is 7. The number of esters is 1. The van der Waals surface area contributed by atoms with Gasteiger partial charge in [0.15, 0.2) is 6.29 Å². The number of hydrogen-bond donors (Lipinski definition) is 0. The van der Waals surface area contributed by atoms with Crippen molar-refractivity contribution in [1.29, 1.82) is 0 Å². The van der Waals surface area contributed by atoms with E-state index in [2.05, 4.69) is 20.8 Å². The van der Waals surface area contributed by atoms with Crippen molar-refractivity contribution in [2.45, 2.75) is 124 Å². The highest BCUT2D eigenvalue weighted by molar-refractivity contribution is 5.83. The van der Waals surface area contributed by atoms with Gasteiger partial charge in [0.25, 0.3) is 0 Å². The molecule has 5 heteroatoms. The first-order valence-corrected chi connectivity index (χ1v) is 15.2. The molecule has 0 aromatic rings. The third kappa shape index (κ3) is 4.81. The van der Waals surface area contributed by atoms with Crippen LogP contribution in [0.5, 0.6) is 0 Å². The van der Waals surface area contributed by atoms with Crippen LogP contribution in [0.25, 0.3) is 0 Å². The Morgan fingerprint density at radius 2 is 1.83 bits per heavy atom. The molecule has 5 nitrogen and oxygen atoms in total. The summed E-state index contributed by atoms with van der Waals surface area (Å²) in [6.07, 6.45) is 13.9. The second-order valence-electron chi connectivity index (χ2n) is 13.5. The van der Waals surface area contributed by atoms with E-state index in [1.54, 1.807) is 0 Å². The standard InChI is InChI=1S/C31H50O5/c1-5-34-27(33)12-9-20(2)23-10-11-24-29-25(14-16-31(23,24)4)30(3)15-13-22(18-21(30)19-26(29)32)36-28-8-6-7-17-35-28/h20-25,28-29H,5-19H2,1-4H3/t20-,21?,22-,23?,24?,25?,28?,29?,30+,31-/m1/s1. The number of ketones is 1. The fourth-order valence-electron chi connectivity index (χ4n) is 9.80. The average Bonchev–Trinajstić information content (AvgIpc) is 3.21. The van der Waals surface area contributed by atoms with E-state index in [-0.39, 0.29) is 35.1 Å². The molecule has 10 atom stereocenters. The predicted molar refractivity (Wildman–Crippen MR) is 139 cm³/mol. The molecule has 0 aromatic carbocycles. The fraction of sp³-hybridized carbons (Fsp3) is 0.935. The molecule has 1 heterocycles. The predicted octanol–water partition coefficient (Wildman–Crippen LogP) is 6.72. The van der Waals surface area contributed by atoms with Crippen molar-refractivity contribution in [2.75, 3.05) is 13.2 Å². The van der Waals surface area contributed by atoms with Gasteiger partial charge in [0.2, 0.25) is 0 Å². The third-order valence-corrected chi connectivity index (χ3v) is 11.8. The second kappa shape index (κ2) is 10.7. The zero-order valence-electron chi connectivity index (χ0n) is 23.3. The number of carbonyl (C=O) groups excluding carboxylic acids is 2. The van der Waals surface area contributed by atoms with Gasteiger partial charge in [-0.05, 0) is 118 Å². The smallest absolute Gasteiger partial charge is 0.305 e. The van der Waals surface area contributed by atoms with E-state index >= 15 is 0 Å². The van der Waals surface area contributed by atoms with Crippen molar-refractivity contribution in [3.63, 3.8) is 0 Å². The van der Waals surface area contributed by atoms with Crippen LogP contribution in [0.4, 0.5) is 0 Å². The van der Waals surface area contributed by atoms with Crippen molar-refractivity contribution >= 4 is 11.8 Å². The Kier molecular flexibility index (Phi) is 7.90. The van der Waals surface area contributed by atoms with E-state index in [9.17, 15) is 9.59 Å². The van der Waals surface area contributed by atoms with Gasteiger partial charge >= 0.3 is 5.97 Å². The Balaban J connectivity index is 1.25. The maximum absolute atomic E-state index is 13.8. The topological polar surface area (TPSA) is 61.8 Å². The summed E-state index contributed by atoms with van der Waals surface area (Å²) >= 11 is 0. The first-order chi connectivity index (χ1) is 17.3. The van der Waals surface area contributed by atoms with Crippen LogP contribution < -0.4 is 0 Å². The maximum atomic E-state index is 13.8. The Morgan fingerprint density at radius 1 is 1.06 bits per heavy atom. The number of carbonyl (C=O) groups is 2. The number of Topliss-reactive ketones (excluding diaryl/α,β-unsaturated/α-hetero) is 1. The number of hydrogen-bond acceptors (Lipinski definition) is 5. The summed E-state index contributed by atoms with van der Waals surface area (Å²) in [6, 6.07) is 0. The highest BCUT2D eigenvalue weighted by Crippen LogP contribution is 2.67. The fourth-order valence-corrected chi connectivity index (χ4v) is 9.80. The van der Waals surface area contributed by atoms with E-state index in [1.807, 2.05) is 6.92 Å². The normalized spacial score (nSPS) is 45.3. The summed E-state index contributed by atoms with van der Waals surface area (Å²) in [7, 11) is 0. The molecule has 1 saturated heterocycles. The van der Waals surface area contributed by atoms with E-state index in [1.165, 1.54) is 38.5 Å². The lowest BCUT2D eigenvalue weighted by Crippen LogP contribution is -2.57. The largest absolute Gasteiger partial charge is 0.466 e. The molecule has 4 aliphatic carbocycles. The van der Waals surface area contributed by atoms with Gasteiger partial charge in [0, 0.05) is 25.4 Å². The molecule has 0 bridgehead atoms. The molecule has 5 rings (SSSR count). The second-order valence-corrected chi connectivity index (χ2v) is 13.5. The number of fused-ring (bicyclic) bond motifs is 5. The molecule has 1 aliphatic heterocycles. The van der Waals surface area contributed by atoms with Crippen molar-refractivity contribution in [2.24, 2.45) is 46.3 Å². The van der Waals surface area contributed by atoms with Crippen LogP contribution in [0.3, 0.4) is 0 Å². The minimum atomic E-state index is -0.0659. The van der Waals surface area contributed by atoms with Gasteiger partial charge in [-0.25, -0.2) is 0 Å². The van der Waals surface area contributed by atoms with Crippen molar-refractivity contribution in [3.8, 4) is 0 Å². The minimum absolute atomic E-state index is 0.0308. The van der Waals surface area contributed by atoms with Gasteiger partial charge in [-0.3, -0.25) is 9.59 Å². The first-order valence-electron chi connectivity index (χ1n) is 15.2. The lowest BCUT2D eigenvalue weighted by molar-refractivity contribution is -0.211. The van der Waals surface area contributed by atoms with Crippen LogP contribution in [0, 0.1) is 46.3 Å². The molecule has 6 unspecified atom stereocenters. The maximum Gasteiger partial charge on any atom is 0.305 e. The van der Waals surface area contributed by atoms with Gasteiger partial charge in [-0.2, -0.15) is 0 Å². The molecule has 0 amide bonds. The van der Waals surface area contributed by atoms with Gasteiger partial charge in [0.1, 0.15) is 5.78 Å². The molecule has 0 aromatic heterocycles. The van der Waals surface area contributed by atoms with Crippen LogP contribution in [0.2, 0.25) is 0 Å². The molecule has 0 N–H and O–H groups in total. The van der Waals surface area contributed by atoms with Crippen LogP contribution in [0.1, 0.15) is 111 Å². The summed E-state index contributed by atoms with van der Waals surface area (Å²) in [5.74, 6) is 3.33. The lowest BCUT2D eigenvalue weighted by Gasteiger charge is -2.60. The average molecular weight is 503 g/mol. The number of ether oxygens (including phenoxy) is 3. The Hall–Kier alpha value is -0.940. The van der Waals surface area contributed by atoms with Crippen molar-refractivity contribution in [1.82, 2.24) is 0 Å². The molecule has 4 saturated carbocycles. The zero-order chi connectivity index (χ0) is 25.5. The lowest BCUT2D eigenvalue weighted by atomic mass is 9.44.